The van der Waals surface area contributed by atoms with Crippen LogP contribution < -0.4 is 10.1 Å². The molecule has 0 aliphatic rings. The third-order valence-electron chi connectivity index (χ3n) is 2.56. The van der Waals surface area contributed by atoms with Crippen LogP contribution in [0.25, 0.3) is 0 Å². The third kappa shape index (κ3) is 6.58. The van der Waals surface area contributed by atoms with Gasteiger partial charge in [0, 0.05) is 12.2 Å². The van der Waals surface area contributed by atoms with E-state index in [0.717, 1.165) is 5.75 Å². The summed E-state index contributed by atoms with van der Waals surface area (Å²) < 4.78 is 5.31. The number of benzene rings is 1. The first-order chi connectivity index (χ1) is 10.0. The number of hydrogen-bond donors (Lipinski definition) is 2. The highest BCUT2D eigenvalue weighted by Gasteiger charge is 2.12. The van der Waals surface area contributed by atoms with Crippen molar-refractivity contribution < 1.29 is 19.4 Å². The molecule has 2 N–H and O–H groups in total. The van der Waals surface area contributed by atoms with Gasteiger partial charge < -0.3 is 15.2 Å². The number of hydrogen-bond acceptors (Lipinski definition) is 4. The standard InChI is InChI=1S/C15H20N2O4/c1-3-9-17(11-15(19)20)10-14(18)16-12-5-7-13(8-6-12)21-4-2/h3,5-8H,1,4,9-11H2,2H3,(H,16,18)(H,19,20). The first kappa shape index (κ1) is 16.7. The molecule has 0 spiro atoms. The van der Waals surface area contributed by atoms with Gasteiger partial charge in [-0.25, -0.2) is 0 Å². The van der Waals surface area contributed by atoms with Crippen molar-refractivity contribution in [3.8, 4) is 5.75 Å². The van der Waals surface area contributed by atoms with Crippen LogP contribution in [0.2, 0.25) is 0 Å². The molecule has 0 atom stereocenters. The van der Waals surface area contributed by atoms with Gasteiger partial charge >= 0.3 is 5.97 Å². The second-order valence-electron chi connectivity index (χ2n) is 4.36. The van der Waals surface area contributed by atoms with Gasteiger partial charge in [0.2, 0.25) is 5.91 Å². The number of rotatable bonds is 9. The number of carboxylic acid groups (broad SMARTS) is 1. The van der Waals surface area contributed by atoms with Gasteiger partial charge in [0.1, 0.15) is 5.75 Å². The number of ether oxygens (including phenoxy) is 1. The number of aliphatic carboxylic acids is 1. The van der Waals surface area contributed by atoms with Crippen molar-refractivity contribution in [2.24, 2.45) is 0 Å². The van der Waals surface area contributed by atoms with E-state index in [4.69, 9.17) is 9.84 Å². The molecule has 0 saturated heterocycles. The minimum atomic E-state index is -0.981. The van der Waals surface area contributed by atoms with E-state index in [1.807, 2.05) is 6.92 Å². The molecular weight excluding hydrogens is 272 g/mol. The van der Waals surface area contributed by atoms with E-state index >= 15 is 0 Å². The highest BCUT2D eigenvalue weighted by Crippen LogP contribution is 2.15. The number of carbonyl (C=O) groups is 2. The Labute approximate surface area is 124 Å². The maximum atomic E-state index is 11.9. The molecule has 0 aromatic heterocycles. The normalized spacial score (nSPS) is 10.2. The third-order valence-corrected chi connectivity index (χ3v) is 2.56. The lowest BCUT2D eigenvalue weighted by Crippen LogP contribution is -2.37. The molecule has 0 heterocycles. The molecule has 0 aliphatic heterocycles. The Morgan fingerprint density at radius 3 is 2.52 bits per heavy atom. The highest BCUT2D eigenvalue weighted by atomic mass is 16.5. The van der Waals surface area contributed by atoms with Crippen molar-refractivity contribution in [2.45, 2.75) is 6.92 Å². The molecule has 0 saturated carbocycles. The van der Waals surface area contributed by atoms with Crippen LogP contribution in [0.1, 0.15) is 6.92 Å². The van der Waals surface area contributed by atoms with Crippen LogP contribution in [0.4, 0.5) is 5.69 Å². The Morgan fingerprint density at radius 2 is 2.00 bits per heavy atom. The Kier molecular flexibility index (Phi) is 6.97. The zero-order valence-electron chi connectivity index (χ0n) is 12.0. The average Bonchev–Trinajstić information content (AvgIpc) is 2.40. The van der Waals surface area contributed by atoms with Gasteiger partial charge in [0.05, 0.1) is 19.7 Å². The smallest absolute Gasteiger partial charge is 0.317 e. The number of amides is 1. The first-order valence-corrected chi connectivity index (χ1v) is 6.63. The summed E-state index contributed by atoms with van der Waals surface area (Å²) in [5.41, 5.74) is 0.636. The van der Waals surface area contributed by atoms with E-state index in [-0.39, 0.29) is 19.0 Å². The second-order valence-corrected chi connectivity index (χ2v) is 4.36. The van der Waals surface area contributed by atoms with E-state index in [2.05, 4.69) is 11.9 Å². The van der Waals surface area contributed by atoms with Crippen molar-refractivity contribution in [1.29, 1.82) is 0 Å². The minimum absolute atomic E-state index is 0.00840. The summed E-state index contributed by atoms with van der Waals surface area (Å²) >= 11 is 0. The molecule has 1 aromatic carbocycles. The molecule has 0 bridgehead atoms. The van der Waals surface area contributed by atoms with Gasteiger partial charge in [0.15, 0.2) is 0 Å². The number of carboxylic acids is 1. The highest BCUT2D eigenvalue weighted by molar-refractivity contribution is 5.92. The molecule has 114 valence electrons. The lowest BCUT2D eigenvalue weighted by molar-refractivity contribution is -0.138. The van der Waals surface area contributed by atoms with Crippen LogP contribution in [0.15, 0.2) is 36.9 Å². The Bertz CT molecular complexity index is 485. The van der Waals surface area contributed by atoms with E-state index < -0.39 is 5.97 Å². The van der Waals surface area contributed by atoms with Gasteiger partial charge in [-0.3, -0.25) is 14.5 Å². The average molecular weight is 292 g/mol. The van der Waals surface area contributed by atoms with Crippen molar-refractivity contribution >= 4 is 17.6 Å². The topological polar surface area (TPSA) is 78.9 Å². The Morgan fingerprint density at radius 1 is 1.33 bits per heavy atom. The molecule has 1 rings (SSSR count). The Hall–Kier alpha value is -2.34. The van der Waals surface area contributed by atoms with E-state index in [9.17, 15) is 9.59 Å². The molecule has 21 heavy (non-hydrogen) atoms. The first-order valence-electron chi connectivity index (χ1n) is 6.63. The summed E-state index contributed by atoms with van der Waals surface area (Å²) in [5.74, 6) is -0.525. The summed E-state index contributed by atoms with van der Waals surface area (Å²) in [6.07, 6.45) is 1.56. The molecule has 0 aliphatic carbocycles. The van der Waals surface area contributed by atoms with Gasteiger partial charge in [-0.05, 0) is 31.2 Å². The number of anilines is 1. The number of nitrogens with one attached hydrogen (secondary N) is 1. The monoisotopic (exact) mass is 292 g/mol. The zero-order valence-corrected chi connectivity index (χ0v) is 12.0. The SMILES string of the molecule is C=CCN(CC(=O)O)CC(=O)Nc1ccc(OCC)cc1. The molecule has 1 aromatic rings. The van der Waals surface area contributed by atoms with Gasteiger partial charge in [-0.1, -0.05) is 6.08 Å². The van der Waals surface area contributed by atoms with Crippen molar-refractivity contribution in [1.82, 2.24) is 4.90 Å². The van der Waals surface area contributed by atoms with Gasteiger partial charge in [-0.2, -0.15) is 0 Å². The van der Waals surface area contributed by atoms with Gasteiger partial charge in [-0.15, -0.1) is 6.58 Å². The van der Waals surface area contributed by atoms with Crippen molar-refractivity contribution in [3.05, 3.63) is 36.9 Å². The molecule has 0 radical (unpaired) electrons. The predicted octanol–water partition coefficient (Wildman–Crippen LogP) is 1.60. The van der Waals surface area contributed by atoms with Crippen LogP contribution in [0, 0.1) is 0 Å². The second kappa shape index (κ2) is 8.76. The van der Waals surface area contributed by atoms with E-state index in [0.29, 0.717) is 18.8 Å². The summed E-state index contributed by atoms with van der Waals surface area (Å²) in [6, 6.07) is 6.99. The van der Waals surface area contributed by atoms with Gasteiger partial charge in [0.25, 0.3) is 0 Å². The quantitative estimate of drug-likeness (QED) is 0.676. The fourth-order valence-corrected chi connectivity index (χ4v) is 1.76. The maximum Gasteiger partial charge on any atom is 0.317 e. The minimum Gasteiger partial charge on any atom is -0.494 e. The van der Waals surface area contributed by atoms with Crippen LogP contribution in [0.3, 0.4) is 0 Å². The summed E-state index contributed by atoms with van der Waals surface area (Å²) in [4.78, 5) is 24.1. The van der Waals surface area contributed by atoms with Crippen LogP contribution in [-0.2, 0) is 9.59 Å². The molecule has 6 nitrogen and oxygen atoms in total. The lowest BCUT2D eigenvalue weighted by atomic mass is 10.3. The number of carbonyl (C=O) groups excluding carboxylic acids is 1. The largest absolute Gasteiger partial charge is 0.494 e. The fraction of sp³-hybridized carbons (Fsp3) is 0.333. The van der Waals surface area contributed by atoms with Crippen molar-refractivity contribution in [3.63, 3.8) is 0 Å². The van der Waals surface area contributed by atoms with E-state index in [1.54, 1.807) is 30.3 Å². The van der Waals surface area contributed by atoms with Crippen LogP contribution in [0.5, 0.6) is 5.75 Å². The molecule has 0 unspecified atom stereocenters. The summed E-state index contributed by atoms with van der Waals surface area (Å²) in [6.45, 7) is 6.14. The lowest BCUT2D eigenvalue weighted by Gasteiger charge is -2.17. The molecule has 0 fully saturated rings. The number of nitrogens with zero attached hydrogens (tertiary/aromatic N) is 1. The molecule has 1 amide bonds. The van der Waals surface area contributed by atoms with Crippen LogP contribution >= 0.6 is 0 Å². The van der Waals surface area contributed by atoms with Crippen LogP contribution in [-0.4, -0.2) is 48.1 Å². The summed E-state index contributed by atoms with van der Waals surface area (Å²) in [7, 11) is 0. The summed E-state index contributed by atoms with van der Waals surface area (Å²) in [5, 5.41) is 11.5. The van der Waals surface area contributed by atoms with E-state index in [1.165, 1.54) is 4.90 Å². The predicted molar refractivity (Wildman–Crippen MR) is 80.5 cm³/mol. The maximum absolute atomic E-state index is 11.9. The van der Waals surface area contributed by atoms with Crippen molar-refractivity contribution in [2.75, 3.05) is 31.6 Å². The molecular formula is C15H20N2O4. The molecule has 6 heteroatoms. The fourth-order valence-electron chi connectivity index (χ4n) is 1.76. The Balaban J connectivity index is 2.54. The zero-order chi connectivity index (χ0) is 15.7.